The van der Waals surface area contributed by atoms with E-state index in [1.807, 2.05) is 0 Å². The van der Waals surface area contributed by atoms with Crippen LogP contribution >= 0.6 is 0 Å². The number of carbonyl (C=O) groups excluding carboxylic acids is 1. The molecule has 1 N–H and O–H groups in total. The fourth-order valence-corrected chi connectivity index (χ4v) is 4.46. The van der Waals surface area contributed by atoms with E-state index in [0.717, 1.165) is 25.0 Å². The second-order valence-electron chi connectivity index (χ2n) is 7.87. The lowest BCUT2D eigenvalue weighted by molar-refractivity contribution is 0.154. The summed E-state index contributed by atoms with van der Waals surface area (Å²) in [7, 11) is 0. The molecule has 2 atom stereocenters. The molecule has 0 radical (unpaired) electrons. The van der Waals surface area contributed by atoms with Crippen LogP contribution in [-0.4, -0.2) is 24.3 Å². The third-order valence-corrected chi connectivity index (χ3v) is 6.05. The van der Waals surface area contributed by atoms with Crippen molar-refractivity contribution in [2.75, 3.05) is 6.61 Å². The third-order valence-electron chi connectivity index (χ3n) is 6.05. The van der Waals surface area contributed by atoms with Crippen molar-refractivity contribution in [3.63, 3.8) is 0 Å². The quantitative estimate of drug-likeness (QED) is 0.912. The van der Waals surface area contributed by atoms with Crippen LogP contribution in [0.3, 0.4) is 0 Å². The van der Waals surface area contributed by atoms with Crippen LogP contribution < -0.4 is 10.1 Å². The SMILES string of the molecule is CC1(C2CCc3cc(OC4CCCCC4)ccc3C2)COC(=O)N1. The third kappa shape index (κ3) is 3.11. The number of hydrogen-bond donors (Lipinski definition) is 1. The van der Waals surface area contributed by atoms with Crippen molar-refractivity contribution in [1.82, 2.24) is 5.32 Å². The van der Waals surface area contributed by atoms with E-state index in [2.05, 4.69) is 30.4 Å². The number of cyclic esters (lactones) is 1. The Hall–Kier alpha value is -1.71. The molecule has 3 aliphatic rings. The average molecular weight is 329 g/mol. The van der Waals surface area contributed by atoms with Gasteiger partial charge in [-0.05, 0) is 81.0 Å². The molecular formula is C20H27NO3. The molecule has 24 heavy (non-hydrogen) atoms. The number of hydrogen-bond acceptors (Lipinski definition) is 3. The predicted octanol–water partition coefficient (Wildman–Crippen LogP) is 4.00. The van der Waals surface area contributed by atoms with E-state index in [0.29, 0.717) is 18.6 Å². The van der Waals surface area contributed by atoms with Crippen LogP contribution in [0.25, 0.3) is 0 Å². The summed E-state index contributed by atoms with van der Waals surface area (Å²) >= 11 is 0. The molecule has 0 aromatic heterocycles. The van der Waals surface area contributed by atoms with Gasteiger partial charge in [-0.3, -0.25) is 0 Å². The van der Waals surface area contributed by atoms with Gasteiger partial charge in [-0.25, -0.2) is 4.79 Å². The molecular weight excluding hydrogens is 302 g/mol. The van der Waals surface area contributed by atoms with Crippen molar-refractivity contribution < 1.29 is 14.3 Å². The number of amides is 1. The van der Waals surface area contributed by atoms with Crippen molar-refractivity contribution >= 4 is 6.09 Å². The van der Waals surface area contributed by atoms with Crippen molar-refractivity contribution in [2.45, 2.75) is 69.9 Å². The number of benzene rings is 1. The van der Waals surface area contributed by atoms with Crippen LogP contribution in [0.15, 0.2) is 18.2 Å². The summed E-state index contributed by atoms with van der Waals surface area (Å²) in [5.41, 5.74) is 2.57. The lowest BCUT2D eigenvalue weighted by Crippen LogP contribution is -2.49. The van der Waals surface area contributed by atoms with E-state index in [1.54, 1.807) is 0 Å². The molecule has 0 bridgehead atoms. The molecule has 4 heteroatoms. The number of carbonyl (C=O) groups is 1. The Kier molecular flexibility index (Phi) is 4.15. The van der Waals surface area contributed by atoms with E-state index in [-0.39, 0.29) is 11.6 Å². The van der Waals surface area contributed by atoms with Gasteiger partial charge in [0.05, 0.1) is 11.6 Å². The number of ether oxygens (including phenoxy) is 2. The Morgan fingerprint density at radius 3 is 2.75 bits per heavy atom. The number of fused-ring (bicyclic) bond motifs is 1. The van der Waals surface area contributed by atoms with Gasteiger partial charge < -0.3 is 14.8 Å². The Balaban J connectivity index is 1.44. The highest BCUT2D eigenvalue weighted by Crippen LogP contribution is 2.36. The molecule has 1 aromatic rings. The van der Waals surface area contributed by atoms with Gasteiger partial charge >= 0.3 is 6.09 Å². The fourth-order valence-electron chi connectivity index (χ4n) is 4.46. The molecule has 1 amide bonds. The highest BCUT2D eigenvalue weighted by atomic mass is 16.6. The normalized spacial score (nSPS) is 30.4. The first kappa shape index (κ1) is 15.8. The molecule has 1 aliphatic heterocycles. The zero-order valence-electron chi connectivity index (χ0n) is 14.5. The van der Waals surface area contributed by atoms with Crippen LogP contribution in [0, 0.1) is 5.92 Å². The van der Waals surface area contributed by atoms with Crippen LogP contribution in [0.5, 0.6) is 5.75 Å². The highest BCUT2D eigenvalue weighted by molar-refractivity contribution is 5.70. The molecule has 1 saturated carbocycles. The van der Waals surface area contributed by atoms with Crippen LogP contribution in [0.4, 0.5) is 4.79 Å². The smallest absolute Gasteiger partial charge is 0.407 e. The number of rotatable bonds is 3. The van der Waals surface area contributed by atoms with E-state index in [4.69, 9.17) is 9.47 Å². The van der Waals surface area contributed by atoms with E-state index >= 15 is 0 Å². The molecule has 1 aromatic carbocycles. The monoisotopic (exact) mass is 329 g/mol. The first-order chi connectivity index (χ1) is 11.6. The Bertz CT molecular complexity index is 623. The molecule has 2 unspecified atom stereocenters. The molecule has 0 spiro atoms. The maximum Gasteiger partial charge on any atom is 0.407 e. The number of aryl methyl sites for hydroxylation is 1. The largest absolute Gasteiger partial charge is 0.490 e. The molecule has 1 saturated heterocycles. The fraction of sp³-hybridized carbons (Fsp3) is 0.650. The predicted molar refractivity (Wildman–Crippen MR) is 92.3 cm³/mol. The minimum absolute atomic E-state index is 0.230. The van der Waals surface area contributed by atoms with Gasteiger partial charge in [0.15, 0.2) is 0 Å². The van der Waals surface area contributed by atoms with Crippen LogP contribution in [0.1, 0.15) is 56.6 Å². The molecule has 2 fully saturated rings. The number of alkyl carbamates (subject to hydrolysis) is 1. The van der Waals surface area contributed by atoms with Gasteiger partial charge in [0.25, 0.3) is 0 Å². The van der Waals surface area contributed by atoms with Gasteiger partial charge in [0.2, 0.25) is 0 Å². The van der Waals surface area contributed by atoms with Gasteiger partial charge in [-0.15, -0.1) is 0 Å². The summed E-state index contributed by atoms with van der Waals surface area (Å²) in [6, 6.07) is 6.59. The summed E-state index contributed by atoms with van der Waals surface area (Å²) in [4.78, 5) is 11.4. The summed E-state index contributed by atoms with van der Waals surface area (Å²) in [6.45, 7) is 2.59. The first-order valence-electron chi connectivity index (χ1n) is 9.36. The lowest BCUT2D eigenvalue weighted by Gasteiger charge is -2.35. The van der Waals surface area contributed by atoms with Crippen molar-refractivity contribution in [3.05, 3.63) is 29.3 Å². The van der Waals surface area contributed by atoms with Crippen LogP contribution in [0.2, 0.25) is 0 Å². The topological polar surface area (TPSA) is 47.6 Å². The zero-order valence-corrected chi connectivity index (χ0v) is 14.5. The minimum atomic E-state index is -0.278. The summed E-state index contributed by atoms with van der Waals surface area (Å²) in [5.74, 6) is 1.46. The second kappa shape index (κ2) is 6.30. The van der Waals surface area contributed by atoms with E-state index in [9.17, 15) is 4.79 Å². The van der Waals surface area contributed by atoms with Gasteiger partial charge in [-0.1, -0.05) is 12.5 Å². The Labute approximate surface area is 143 Å². The minimum Gasteiger partial charge on any atom is -0.490 e. The van der Waals surface area contributed by atoms with Gasteiger partial charge in [0.1, 0.15) is 12.4 Å². The lowest BCUT2D eigenvalue weighted by atomic mass is 9.74. The Morgan fingerprint density at radius 2 is 2.00 bits per heavy atom. The Morgan fingerprint density at radius 1 is 1.17 bits per heavy atom. The van der Waals surface area contributed by atoms with Gasteiger partial charge in [-0.2, -0.15) is 0 Å². The average Bonchev–Trinajstić information content (AvgIpc) is 2.95. The first-order valence-corrected chi connectivity index (χ1v) is 9.36. The molecule has 1 heterocycles. The molecule has 130 valence electrons. The van der Waals surface area contributed by atoms with Crippen LogP contribution in [-0.2, 0) is 17.6 Å². The zero-order chi connectivity index (χ0) is 16.6. The second-order valence-corrected chi connectivity index (χ2v) is 7.87. The van der Waals surface area contributed by atoms with Crippen molar-refractivity contribution in [2.24, 2.45) is 5.92 Å². The maximum atomic E-state index is 11.4. The van der Waals surface area contributed by atoms with E-state index in [1.165, 1.54) is 43.2 Å². The van der Waals surface area contributed by atoms with Gasteiger partial charge in [0, 0.05) is 0 Å². The maximum absolute atomic E-state index is 11.4. The molecule has 4 nitrogen and oxygen atoms in total. The summed E-state index contributed by atoms with van der Waals surface area (Å²) in [6.07, 6.45) is 9.58. The molecule has 2 aliphatic carbocycles. The summed E-state index contributed by atoms with van der Waals surface area (Å²) in [5, 5.41) is 3.01. The van der Waals surface area contributed by atoms with Crippen molar-refractivity contribution in [3.8, 4) is 5.75 Å². The molecule has 4 rings (SSSR count). The van der Waals surface area contributed by atoms with E-state index < -0.39 is 0 Å². The standard InChI is InChI=1S/C20H27NO3/c1-20(13-23-19(22)21-20)16-9-7-15-12-18(10-8-14(15)11-16)24-17-5-3-2-4-6-17/h8,10,12,16-17H,2-7,9,11,13H2,1H3,(H,21,22). The summed E-state index contributed by atoms with van der Waals surface area (Å²) < 4.78 is 11.3. The number of nitrogens with one attached hydrogen (secondary N) is 1. The highest BCUT2D eigenvalue weighted by Gasteiger charge is 2.43. The van der Waals surface area contributed by atoms with Crippen molar-refractivity contribution in [1.29, 1.82) is 0 Å².